The van der Waals surface area contributed by atoms with E-state index in [2.05, 4.69) is 10.6 Å². The maximum absolute atomic E-state index is 15.1. The second-order valence-corrected chi connectivity index (χ2v) is 8.65. The van der Waals surface area contributed by atoms with E-state index in [1.54, 1.807) is 6.07 Å². The van der Waals surface area contributed by atoms with Gasteiger partial charge in [-0.2, -0.15) is 5.01 Å². The molecule has 0 aliphatic carbocycles. The number of carbonyl (C=O) groups is 4. The van der Waals surface area contributed by atoms with Crippen LogP contribution in [0.15, 0.2) is 18.2 Å². The Morgan fingerprint density at radius 1 is 0.939 bits per heavy atom. The molecule has 4 aliphatic heterocycles. The number of carbonyl (C=O) groups excluding carboxylic acids is 4. The SMILES string of the molecule is O=C1CCN(N2C(=O)c3ccc(N4CCC(N5CCNCC5)C(F)(F)C4)cc3C2=O)C(=O)N1. The summed E-state index contributed by atoms with van der Waals surface area (Å²) in [5.41, 5.74) is 0.569. The number of hydrogen-bond acceptors (Lipinski definition) is 7. The van der Waals surface area contributed by atoms with Crippen LogP contribution >= 0.6 is 0 Å². The zero-order valence-corrected chi connectivity index (χ0v) is 17.9. The lowest BCUT2D eigenvalue weighted by atomic mass is 9.97. The van der Waals surface area contributed by atoms with Crippen molar-refractivity contribution < 1.29 is 28.0 Å². The van der Waals surface area contributed by atoms with Crippen LogP contribution in [0.1, 0.15) is 33.6 Å². The van der Waals surface area contributed by atoms with Crippen molar-refractivity contribution >= 4 is 29.4 Å². The number of halogens is 2. The predicted molar refractivity (Wildman–Crippen MR) is 112 cm³/mol. The molecule has 1 atom stereocenters. The lowest BCUT2D eigenvalue weighted by Gasteiger charge is -2.45. The van der Waals surface area contributed by atoms with Gasteiger partial charge >= 0.3 is 6.03 Å². The largest absolute Gasteiger partial charge is 0.365 e. The molecule has 1 unspecified atom stereocenters. The number of nitrogens with one attached hydrogen (secondary N) is 2. The Morgan fingerprint density at radius 2 is 1.67 bits per heavy atom. The van der Waals surface area contributed by atoms with Crippen LogP contribution in [0, 0.1) is 0 Å². The molecule has 0 bridgehead atoms. The Labute approximate surface area is 188 Å². The van der Waals surface area contributed by atoms with E-state index < -0.39 is 42.3 Å². The zero-order valence-electron chi connectivity index (χ0n) is 17.9. The number of urea groups is 1. The Hall–Kier alpha value is -3.12. The number of rotatable bonds is 3. The van der Waals surface area contributed by atoms with E-state index in [1.807, 2.05) is 4.90 Å². The lowest BCUT2D eigenvalue weighted by molar-refractivity contribution is -0.122. The minimum Gasteiger partial charge on any atom is -0.365 e. The summed E-state index contributed by atoms with van der Waals surface area (Å²) < 4.78 is 30.1. The predicted octanol–water partition coefficient (Wildman–Crippen LogP) is 0.259. The number of alkyl halides is 2. The molecule has 10 nitrogen and oxygen atoms in total. The molecule has 2 N–H and O–H groups in total. The number of imide groups is 2. The molecular weight excluding hydrogens is 438 g/mol. The summed E-state index contributed by atoms with van der Waals surface area (Å²) >= 11 is 0. The van der Waals surface area contributed by atoms with Gasteiger partial charge in [-0.05, 0) is 24.6 Å². The van der Waals surface area contributed by atoms with Crippen LogP contribution in [-0.4, -0.2) is 96.4 Å². The molecule has 3 saturated heterocycles. The number of hydrogen-bond donors (Lipinski definition) is 2. The molecule has 0 aromatic heterocycles. The van der Waals surface area contributed by atoms with Crippen LogP contribution < -0.4 is 15.5 Å². The molecule has 4 aliphatic rings. The number of fused-ring (bicyclic) bond motifs is 1. The highest BCUT2D eigenvalue weighted by Gasteiger charge is 2.48. The van der Waals surface area contributed by atoms with Gasteiger partial charge in [-0.25, -0.2) is 18.6 Å². The third-order valence-electron chi connectivity index (χ3n) is 6.64. The van der Waals surface area contributed by atoms with Gasteiger partial charge in [0.15, 0.2) is 0 Å². The van der Waals surface area contributed by atoms with Gasteiger partial charge < -0.3 is 10.2 Å². The van der Waals surface area contributed by atoms with E-state index in [4.69, 9.17) is 0 Å². The minimum atomic E-state index is -2.93. The van der Waals surface area contributed by atoms with Gasteiger partial charge in [0, 0.05) is 44.8 Å². The average molecular weight is 462 g/mol. The molecule has 1 aromatic carbocycles. The molecule has 12 heteroatoms. The molecule has 0 spiro atoms. The van der Waals surface area contributed by atoms with Crippen LogP contribution in [-0.2, 0) is 4.79 Å². The third-order valence-corrected chi connectivity index (χ3v) is 6.64. The fourth-order valence-corrected chi connectivity index (χ4v) is 4.97. The first-order valence-electron chi connectivity index (χ1n) is 11.0. The van der Waals surface area contributed by atoms with E-state index in [0.717, 1.165) is 5.01 Å². The van der Waals surface area contributed by atoms with Gasteiger partial charge in [0.1, 0.15) is 0 Å². The van der Waals surface area contributed by atoms with Gasteiger partial charge in [-0.15, -0.1) is 0 Å². The van der Waals surface area contributed by atoms with E-state index in [1.165, 1.54) is 17.0 Å². The molecule has 5 rings (SSSR count). The second-order valence-electron chi connectivity index (χ2n) is 8.65. The van der Waals surface area contributed by atoms with Crippen LogP contribution in [0.3, 0.4) is 0 Å². The average Bonchev–Trinajstić information content (AvgIpc) is 3.03. The normalized spacial score (nSPS) is 26.0. The molecule has 0 saturated carbocycles. The molecule has 5 amide bonds. The number of piperazine rings is 1. The van der Waals surface area contributed by atoms with Crippen LogP contribution in [0.25, 0.3) is 0 Å². The highest BCUT2D eigenvalue weighted by Crippen LogP contribution is 2.36. The first-order valence-corrected chi connectivity index (χ1v) is 11.0. The van der Waals surface area contributed by atoms with Gasteiger partial charge in [0.05, 0.1) is 30.3 Å². The van der Waals surface area contributed by atoms with Crippen molar-refractivity contribution in [3.63, 3.8) is 0 Å². The topological polar surface area (TPSA) is 105 Å². The monoisotopic (exact) mass is 462 g/mol. The van der Waals surface area contributed by atoms with Crippen LogP contribution in [0.2, 0.25) is 0 Å². The number of hydrazine groups is 1. The highest BCUT2D eigenvalue weighted by molar-refractivity contribution is 6.22. The molecule has 1 aromatic rings. The first kappa shape index (κ1) is 21.7. The number of anilines is 1. The Kier molecular flexibility index (Phi) is 5.28. The standard InChI is InChI=1S/C21H24F2N6O4/c22-21(23)12-27(7-3-16(21)26-9-5-24-6-10-26)13-1-2-14-15(11-13)19(32)29(18(14)31)28-8-4-17(30)25-20(28)33/h1-2,11,16,24H,3-10,12H2,(H,25,30,33). The van der Waals surface area contributed by atoms with Gasteiger partial charge in [-0.3, -0.25) is 24.6 Å². The van der Waals surface area contributed by atoms with Crippen molar-refractivity contribution in [3.8, 4) is 0 Å². The van der Waals surface area contributed by atoms with E-state index in [-0.39, 0.29) is 30.5 Å². The van der Waals surface area contributed by atoms with E-state index in [9.17, 15) is 19.2 Å². The summed E-state index contributed by atoms with van der Waals surface area (Å²) in [5.74, 6) is -4.82. The maximum Gasteiger partial charge on any atom is 0.343 e. The highest BCUT2D eigenvalue weighted by atomic mass is 19.3. The minimum absolute atomic E-state index is 0.0402. The summed E-state index contributed by atoms with van der Waals surface area (Å²) in [6.07, 6.45) is 0.243. The number of nitrogens with zero attached hydrogens (tertiary/aromatic N) is 4. The van der Waals surface area contributed by atoms with Gasteiger partial charge in [0.2, 0.25) is 5.91 Å². The molecule has 0 radical (unpaired) electrons. The van der Waals surface area contributed by atoms with Crippen LogP contribution in [0.5, 0.6) is 0 Å². The Balaban J connectivity index is 1.35. The lowest BCUT2D eigenvalue weighted by Crippen LogP contribution is -2.61. The van der Waals surface area contributed by atoms with Crippen molar-refractivity contribution in [1.82, 2.24) is 25.6 Å². The fraction of sp³-hybridized carbons (Fsp3) is 0.524. The summed E-state index contributed by atoms with van der Waals surface area (Å²) in [5, 5.41) is 6.87. The Morgan fingerprint density at radius 3 is 2.36 bits per heavy atom. The number of piperidine rings is 1. The van der Waals surface area contributed by atoms with Gasteiger partial charge in [0.25, 0.3) is 17.7 Å². The molecule has 33 heavy (non-hydrogen) atoms. The molecule has 176 valence electrons. The summed E-state index contributed by atoms with van der Waals surface area (Å²) in [4.78, 5) is 52.7. The summed E-state index contributed by atoms with van der Waals surface area (Å²) in [6, 6.07) is 2.73. The number of amides is 5. The first-order chi connectivity index (χ1) is 15.8. The van der Waals surface area contributed by atoms with Gasteiger partial charge in [-0.1, -0.05) is 0 Å². The smallest absolute Gasteiger partial charge is 0.343 e. The van der Waals surface area contributed by atoms with Crippen molar-refractivity contribution in [2.45, 2.75) is 24.8 Å². The Bertz CT molecular complexity index is 1030. The van der Waals surface area contributed by atoms with Crippen molar-refractivity contribution in [3.05, 3.63) is 29.3 Å². The number of benzene rings is 1. The maximum atomic E-state index is 15.1. The van der Waals surface area contributed by atoms with Crippen molar-refractivity contribution in [2.75, 3.05) is 50.7 Å². The molecule has 4 heterocycles. The van der Waals surface area contributed by atoms with E-state index in [0.29, 0.717) is 43.4 Å². The van der Waals surface area contributed by atoms with Crippen LogP contribution in [0.4, 0.5) is 19.3 Å². The summed E-state index contributed by atoms with van der Waals surface area (Å²) in [6.45, 7) is 2.36. The summed E-state index contributed by atoms with van der Waals surface area (Å²) in [7, 11) is 0. The van der Waals surface area contributed by atoms with E-state index >= 15 is 8.78 Å². The molecule has 3 fully saturated rings. The zero-order chi connectivity index (χ0) is 23.3. The van der Waals surface area contributed by atoms with Crippen molar-refractivity contribution in [1.29, 1.82) is 0 Å². The fourth-order valence-electron chi connectivity index (χ4n) is 4.97. The van der Waals surface area contributed by atoms with Crippen molar-refractivity contribution in [2.24, 2.45) is 0 Å². The quantitative estimate of drug-likeness (QED) is 0.621. The second kappa shape index (κ2) is 8.03. The molecular formula is C21H24F2N6O4. The third kappa shape index (κ3) is 3.72.